The zero-order chi connectivity index (χ0) is 67.2. The predicted octanol–water partition coefficient (Wildman–Crippen LogP) is 10.8. The molecule has 2 aliphatic heterocycles. The van der Waals surface area contributed by atoms with E-state index in [1.165, 1.54) is 24.3 Å². The van der Waals surface area contributed by atoms with Gasteiger partial charge in [0.05, 0.1) is 113 Å². The van der Waals surface area contributed by atoms with Crippen LogP contribution >= 0.6 is 0 Å². The minimum atomic E-state index is -3.89. The monoisotopic (exact) mass is 1380 g/mol. The second-order valence-corrected chi connectivity index (χ2v) is 27.7. The van der Waals surface area contributed by atoms with E-state index in [1.54, 1.807) is 42.7 Å². The number of benzene rings is 2. The van der Waals surface area contributed by atoms with Crippen LogP contribution in [0.2, 0.25) is 0 Å². The van der Waals surface area contributed by atoms with E-state index in [2.05, 4.69) is 0 Å². The second-order valence-electron chi connectivity index (χ2n) is 24.6. The number of carbonyl (C=O) groups is 1. The van der Waals surface area contributed by atoms with E-state index < -0.39 is 30.1 Å². The molecule has 542 valence electrons. The van der Waals surface area contributed by atoms with E-state index in [1.807, 2.05) is 0 Å². The fourth-order valence-electron chi connectivity index (χ4n) is 12.3. The lowest BCUT2D eigenvalue weighted by molar-refractivity contribution is -0.385. The number of nitro benzene ring substituents is 2. The molecule has 7 saturated carbocycles. The maximum Gasteiger partial charge on any atom is 0.297 e. The maximum atomic E-state index is 12.1. The number of nitro groups is 2. The number of aliphatic hydroxyl groups is 3. The van der Waals surface area contributed by atoms with Crippen molar-refractivity contribution in [3.05, 3.63) is 68.8 Å². The number of Topliss-reactive ketones (excluding diaryl/α,β-unsaturated/α-hetero) is 1. The van der Waals surface area contributed by atoms with Crippen molar-refractivity contribution in [2.75, 3.05) is 69.1 Å². The van der Waals surface area contributed by atoms with Gasteiger partial charge in [-0.2, -0.15) is 16.8 Å². The van der Waals surface area contributed by atoms with Crippen LogP contribution in [0.3, 0.4) is 0 Å². The summed E-state index contributed by atoms with van der Waals surface area (Å²) in [7, 11) is 2.46. The second kappa shape index (κ2) is 43.6. The molecule has 2 aromatic carbocycles. The largest absolute Gasteiger partial charge is 0.393 e. The van der Waals surface area contributed by atoms with Gasteiger partial charge in [-0.25, -0.2) is 0 Å². The SMILES string of the molecule is C.C.COC1CCC(=O)CC1.COC1CCC(O)CC1.COC1CCC(O)CC1.COC1CCC(OS(=O)(=O)c2ccc([N+](=O)[O-])cc2)CC1.COC1CCC(OS(=O)(=O)c2ccc([N+](=O)[O-])cc2)CC1.COC1CCC2(CC1)OCCO2.OC1CCC2(CC1)OCCO2. The highest BCUT2D eigenvalue weighted by molar-refractivity contribution is 7.87. The first-order chi connectivity index (χ1) is 44.0. The van der Waals surface area contributed by atoms with Crippen LogP contribution in [-0.2, 0) is 80.8 Å². The number of rotatable bonds is 14. The van der Waals surface area contributed by atoms with Gasteiger partial charge in [-0.3, -0.25) is 33.4 Å². The smallest absolute Gasteiger partial charge is 0.297 e. The van der Waals surface area contributed by atoms with E-state index in [9.17, 15) is 47.0 Å². The molecule has 2 heterocycles. The lowest BCUT2D eigenvalue weighted by Crippen LogP contribution is -2.37. The lowest BCUT2D eigenvalue weighted by Gasteiger charge is -2.34. The molecule has 0 atom stereocenters. The molecule has 2 aromatic rings. The number of ketones is 1. The van der Waals surface area contributed by atoms with E-state index in [0.29, 0.717) is 55.9 Å². The van der Waals surface area contributed by atoms with Crippen molar-refractivity contribution in [3.63, 3.8) is 0 Å². The van der Waals surface area contributed by atoms with Gasteiger partial charge in [0.2, 0.25) is 0 Å². The highest BCUT2D eigenvalue weighted by atomic mass is 32.2. The van der Waals surface area contributed by atoms with Gasteiger partial charge in [-0.05, 0) is 166 Å². The van der Waals surface area contributed by atoms with Gasteiger partial charge in [0.1, 0.15) is 5.78 Å². The molecule has 2 spiro atoms. The van der Waals surface area contributed by atoms with Crippen LogP contribution in [0.5, 0.6) is 0 Å². The van der Waals surface area contributed by atoms with Crippen LogP contribution in [0.15, 0.2) is 58.3 Å². The summed E-state index contributed by atoms with van der Waals surface area (Å²) in [6.45, 7) is 2.96. The van der Waals surface area contributed by atoms with Crippen molar-refractivity contribution >= 4 is 37.4 Å². The molecule has 9 aliphatic rings. The van der Waals surface area contributed by atoms with Crippen molar-refractivity contribution in [1.29, 1.82) is 0 Å². The topological polar surface area (TPSA) is 343 Å². The molecule has 11 rings (SSSR count). The molecule has 28 heteroatoms. The summed E-state index contributed by atoms with van der Waals surface area (Å²) >= 11 is 0. The Morgan fingerprint density at radius 3 is 0.894 bits per heavy atom. The number of hydrogen-bond acceptors (Lipinski definition) is 24. The third kappa shape index (κ3) is 29.7. The zero-order valence-electron chi connectivity index (χ0n) is 54.7. The van der Waals surface area contributed by atoms with E-state index in [-0.39, 0.29) is 90.3 Å². The van der Waals surface area contributed by atoms with Gasteiger partial charge in [-0.15, -0.1) is 0 Å². The van der Waals surface area contributed by atoms with Gasteiger partial charge in [0.15, 0.2) is 11.6 Å². The Morgan fingerprint density at radius 1 is 0.383 bits per heavy atom. The van der Waals surface area contributed by atoms with Gasteiger partial charge in [0, 0.05) is 105 Å². The number of carbonyl (C=O) groups excluding carboxylic acids is 1. The van der Waals surface area contributed by atoms with Crippen LogP contribution in [-0.4, -0.2) is 196 Å². The first kappa shape index (κ1) is 84.4. The zero-order valence-corrected chi connectivity index (χ0v) is 56.4. The number of methoxy groups -OCH3 is 6. The van der Waals surface area contributed by atoms with E-state index in [4.69, 9.17) is 65.9 Å². The van der Waals surface area contributed by atoms with E-state index in [0.717, 1.165) is 205 Å². The average molecular weight is 1380 g/mol. The maximum absolute atomic E-state index is 12.1. The van der Waals surface area contributed by atoms with Crippen molar-refractivity contribution < 1.29 is 103 Å². The van der Waals surface area contributed by atoms with Crippen LogP contribution in [0.25, 0.3) is 0 Å². The molecule has 0 bridgehead atoms. The van der Waals surface area contributed by atoms with Crippen LogP contribution < -0.4 is 0 Å². The highest BCUT2D eigenvalue weighted by Crippen LogP contribution is 2.38. The average Bonchev–Trinajstić information content (AvgIpc) is 1.21. The summed E-state index contributed by atoms with van der Waals surface area (Å²) in [4.78, 5) is 30.5. The molecule has 9 fully saturated rings. The number of aliphatic hydroxyl groups excluding tert-OH is 3. The molecule has 3 N–H and O–H groups in total. The Hall–Kier alpha value is -3.79. The Bertz CT molecular complexity index is 2470. The first-order valence-corrected chi connectivity index (χ1v) is 35.4. The van der Waals surface area contributed by atoms with Crippen LogP contribution in [0, 0.1) is 20.2 Å². The van der Waals surface area contributed by atoms with Crippen molar-refractivity contribution in [2.24, 2.45) is 0 Å². The Kier molecular flexibility index (Phi) is 39.1. The molecule has 0 amide bonds. The third-order valence-electron chi connectivity index (χ3n) is 18.3. The summed E-state index contributed by atoms with van der Waals surface area (Å²) in [5.41, 5.74) is -0.316. The molecular weight excluding hydrogens is 1270 g/mol. The normalized spacial score (nSPS) is 27.5. The minimum Gasteiger partial charge on any atom is -0.393 e. The molecule has 0 radical (unpaired) electrons. The quantitative estimate of drug-likeness (QED) is 0.0898. The molecule has 94 heavy (non-hydrogen) atoms. The van der Waals surface area contributed by atoms with E-state index >= 15 is 0 Å². The summed E-state index contributed by atoms with van der Waals surface area (Å²) in [6.07, 6.45) is 25.0. The van der Waals surface area contributed by atoms with Crippen molar-refractivity contribution in [1.82, 2.24) is 0 Å². The van der Waals surface area contributed by atoms with Crippen LogP contribution in [0.4, 0.5) is 11.4 Å². The van der Waals surface area contributed by atoms with Gasteiger partial charge >= 0.3 is 0 Å². The molecule has 0 aromatic heterocycles. The summed E-state index contributed by atoms with van der Waals surface area (Å²) in [6, 6.07) is 9.36. The number of nitrogens with zero attached hydrogens (tertiary/aromatic N) is 2. The lowest BCUT2D eigenvalue weighted by atomic mass is 9.92. The van der Waals surface area contributed by atoms with Gasteiger partial charge in [-0.1, -0.05) is 14.9 Å². The fourth-order valence-corrected chi connectivity index (χ4v) is 14.5. The van der Waals surface area contributed by atoms with Crippen molar-refractivity contribution in [3.8, 4) is 0 Å². The fraction of sp³-hybridized carbons (Fsp3) is 0.803. The number of ether oxygens (including phenoxy) is 10. The molecule has 0 unspecified atom stereocenters. The molecule has 2 saturated heterocycles. The third-order valence-corrected chi connectivity index (χ3v) is 21.0. The summed E-state index contributed by atoms with van der Waals surface area (Å²) in [5.74, 6) is -0.142. The standard InChI is InChI=1S/2C13H17NO6S.C9H16O3.C8H14O3.2C7H14O2.C7H12O2.2CH4/c2*1-19-11-4-6-12(7-5-11)20-21(17,18)13-8-2-10(3-9-13)14(15)16;1-10-8-2-4-9(5-3-8)11-6-7-12-9;9-7-1-3-8(4-2-7)10-5-6-11-8;3*1-9-7-4-2-6(8)3-5-7;;/h2*2-3,8-9,11-12H,4-7H2,1H3;8H,2-7H2,1H3;7,9H,1-6H2;2*6-8H,2-5H2,1H3;7H,2-5H2,1H3;2*1H4. The Balaban J connectivity index is 0.000000294. The summed E-state index contributed by atoms with van der Waals surface area (Å²) in [5, 5.41) is 48.5. The van der Waals surface area contributed by atoms with Crippen LogP contribution in [0.1, 0.15) is 195 Å². The number of non-ortho nitro benzene ring substituents is 2. The Morgan fingerprint density at radius 2 is 0.617 bits per heavy atom. The highest BCUT2D eigenvalue weighted by Gasteiger charge is 2.41. The molecule has 7 aliphatic carbocycles. The first-order valence-electron chi connectivity index (χ1n) is 32.6. The molecule has 26 nitrogen and oxygen atoms in total. The minimum absolute atomic E-state index is 0. The summed E-state index contributed by atoms with van der Waals surface area (Å²) < 4.78 is 112. The van der Waals surface area contributed by atoms with Gasteiger partial charge in [0.25, 0.3) is 31.6 Å². The number of hydrogen-bond donors (Lipinski definition) is 3. The Labute approximate surface area is 558 Å². The molecular formula is C66H112N2O24S2. The van der Waals surface area contributed by atoms with Gasteiger partial charge < -0.3 is 62.7 Å². The predicted molar refractivity (Wildman–Crippen MR) is 350 cm³/mol. The van der Waals surface area contributed by atoms with Crippen molar-refractivity contribution in [2.45, 2.75) is 283 Å².